The monoisotopic (exact) mass is 491 g/mol. The van der Waals surface area contributed by atoms with Gasteiger partial charge in [-0.05, 0) is 42.5 Å². The highest BCUT2D eigenvalue weighted by atomic mass is 32.2. The van der Waals surface area contributed by atoms with Crippen LogP contribution in [0.1, 0.15) is 10.4 Å². The number of fused-ring (bicyclic) bond motifs is 1. The summed E-state index contributed by atoms with van der Waals surface area (Å²) >= 11 is 0. The first-order valence-electron chi connectivity index (χ1n) is 11.0. The van der Waals surface area contributed by atoms with Crippen molar-refractivity contribution >= 4 is 38.2 Å². The van der Waals surface area contributed by atoms with Gasteiger partial charge in [-0.1, -0.05) is 18.2 Å². The number of nitrogens with one attached hydrogen (secondary N) is 1. The molecule has 0 atom stereocenters. The second-order valence-electron chi connectivity index (χ2n) is 8.12. The lowest BCUT2D eigenvalue weighted by molar-refractivity contribution is 0.0746. The summed E-state index contributed by atoms with van der Waals surface area (Å²) in [7, 11) is -4.11. The van der Waals surface area contributed by atoms with Crippen LogP contribution in [0.15, 0.2) is 84.1 Å². The fraction of sp³-hybridized carbons (Fsp3) is 0.160. The van der Waals surface area contributed by atoms with Crippen molar-refractivity contribution in [2.24, 2.45) is 0 Å². The summed E-state index contributed by atoms with van der Waals surface area (Å²) in [6, 6.07) is 15.8. The maximum absolute atomic E-state index is 14.9. The lowest BCUT2D eigenvalue weighted by atomic mass is 10.1. The van der Waals surface area contributed by atoms with Gasteiger partial charge in [0.05, 0.1) is 11.2 Å². The summed E-state index contributed by atoms with van der Waals surface area (Å²) in [5.74, 6) is -1.13. The molecule has 35 heavy (non-hydrogen) atoms. The second-order valence-corrected chi connectivity index (χ2v) is 9.77. The van der Waals surface area contributed by atoms with E-state index < -0.39 is 15.8 Å². The topological polar surface area (TPSA) is 95.5 Å². The zero-order chi connectivity index (χ0) is 24.4. The normalized spacial score (nSPS) is 14.2. The number of halogens is 1. The number of amides is 1. The Bertz CT molecular complexity index is 1480. The summed E-state index contributed by atoms with van der Waals surface area (Å²) in [4.78, 5) is 24.9. The smallest absolute Gasteiger partial charge is 0.264 e. The molecule has 0 bridgehead atoms. The molecule has 0 saturated carbocycles. The van der Waals surface area contributed by atoms with Gasteiger partial charge in [0.2, 0.25) is 0 Å². The van der Waals surface area contributed by atoms with E-state index in [9.17, 15) is 17.6 Å². The molecule has 0 radical (unpaired) electrons. The molecule has 1 amide bonds. The van der Waals surface area contributed by atoms with Gasteiger partial charge in [-0.15, -0.1) is 0 Å². The van der Waals surface area contributed by atoms with Crippen LogP contribution >= 0.6 is 0 Å². The third-order valence-electron chi connectivity index (χ3n) is 5.94. The zero-order valence-corrected chi connectivity index (χ0v) is 19.5. The van der Waals surface area contributed by atoms with Crippen LogP contribution in [0.25, 0.3) is 10.9 Å². The van der Waals surface area contributed by atoms with Crippen LogP contribution in [0, 0.1) is 5.82 Å². The van der Waals surface area contributed by atoms with Crippen molar-refractivity contribution in [2.45, 2.75) is 4.90 Å². The van der Waals surface area contributed by atoms with Gasteiger partial charge in [0.25, 0.3) is 15.9 Å². The van der Waals surface area contributed by atoms with Crippen LogP contribution < -0.4 is 9.62 Å². The molecule has 8 nitrogen and oxygen atoms in total. The standard InChI is InChI=1S/C25H22FN5O3S/c26-21-17-19(25(32)31-15-13-30(14-16-31)20-8-11-27-12-9-20)6-7-22(21)29-35(33,34)23-5-1-3-18-4-2-10-28-24(18)23/h1-12,17,29H,13-16H2. The Morgan fingerprint density at radius 3 is 2.40 bits per heavy atom. The average Bonchev–Trinajstić information content (AvgIpc) is 2.89. The van der Waals surface area contributed by atoms with Gasteiger partial charge in [-0.25, -0.2) is 12.8 Å². The van der Waals surface area contributed by atoms with E-state index in [1.807, 2.05) is 12.1 Å². The van der Waals surface area contributed by atoms with E-state index in [4.69, 9.17) is 0 Å². The second kappa shape index (κ2) is 9.30. The summed E-state index contributed by atoms with van der Waals surface area (Å²) < 4.78 is 43.1. The van der Waals surface area contributed by atoms with E-state index in [1.165, 1.54) is 24.4 Å². The van der Waals surface area contributed by atoms with Crippen LogP contribution in [0.4, 0.5) is 15.8 Å². The van der Waals surface area contributed by atoms with Crippen molar-refractivity contribution < 1.29 is 17.6 Å². The molecule has 1 aliphatic rings. The molecule has 0 spiro atoms. The molecule has 5 rings (SSSR count). The molecule has 2 aromatic heterocycles. The molecule has 1 fully saturated rings. The van der Waals surface area contributed by atoms with Gasteiger partial charge in [0.1, 0.15) is 10.7 Å². The number of rotatable bonds is 5. The number of sulfonamides is 1. The highest BCUT2D eigenvalue weighted by Gasteiger charge is 2.24. The SMILES string of the molecule is O=C(c1ccc(NS(=O)(=O)c2cccc3cccnc23)c(F)c1)N1CCN(c2ccncc2)CC1. The van der Waals surface area contributed by atoms with Gasteiger partial charge >= 0.3 is 0 Å². The molecule has 4 aromatic rings. The molecule has 2 aromatic carbocycles. The van der Waals surface area contributed by atoms with E-state index in [-0.39, 0.29) is 22.1 Å². The van der Waals surface area contributed by atoms with Crippen LogP contribution in [0.5, 0.6) is 0 Å². The minimum atomic E-state index is -4.11. The van der Waals surface area contributed by atoms with E-state index in [0.29, 0.717) is 37.1 Å². The number of piperazine rings is 1. The number of hydrogen-bond donors (Lipinski definition) is 1. The number of nitrogens with zero attached hydrogens (tertiary/aromatic N) is 4. The Morgan fingerprint density at radius 2 is 1.66 bits per heavy atom. The maximum Gasteiger partial charge on any atom is 0.264 e. The van der Waals surface area contributed by atoms with E-state index in [0.717, 1.165) is 11.8 Å². The first-order chi connectivity index (χ1) is 16.9. The predicted octanol–water partition coefficient (Wildman–Crippen LogP) is 3.53. The zero-order valence-electron chi connectivity index (χ0n) is 18.6. The van der Waals surface area contributed by atoms with Crippen LogP contribution in [-0.4, -0.2) is 55.4 Å². The first-order valence-corrected chi connectivity index (χ1v) is 12.5. The highest BCUT2D eigenvalue weighted by Crippen LogP contribution is 2.25. The minimum Gasteiger partial charge on any atom is -0.368 e. The van der Waals surface area contributed by atoms with E-state index in [1.54, 1.807) is 41.6 Å². The van der Waals surface area contributed by atoms with Crippen molar-refractivity contribution in [3.63, 3.8) is 0 Å². The van der Waals surface area contributed by atoms with Gasteiger partial charge < -0.3 is 9.80 Å². The molecule has 0 aliphatic carbocycles. The summed E-state index contributed by atoms with van der Waals surface area (Å²) in [6.07, 6.45) is 4.95. The maximum atomic E-state index is 14.9. The van der Waals surface area contributed by atoms with Crippen molar-refractivity contribution in [1.29, 1.82) is 0 Å². The molecule has 10 heteroatoms. The Labute approximate surface area is 202 Å². The van der Waals surface area contributed by atoms with Gasteiger partial charge in [-0.3, -0.25) is 19.5 Å². The van der Waals surface area contributed by atoms with E-state index in [2.05, 4.69) is 19.6 Å². The fourth-order valence-corrected chi connectivity index (χ4v) is 5.38. The van der Waals surface area contributed by atoms with Crippen LogP contribution in [0.2, 0.25) is 0 Å². The molecule has 0 unspecified atom stereocenters. The Balaban J connectivity index is 1.30. The number of pyridine rings is 2. The van der Waals surface area contributed by atoms with Crippen molar-refractivity contribution in [2.75, 3.05) is 35.8 Å². The largest absolute Gasteiger partial charge is 0.368 e. The molecule has 3 heterocycles. The van der Waals surface area contributed by atoms with Crippen LogP contribution in [0.3, 0.4) is 0 Å². The number of aromatic nitrogens is 2. The third-order valence-corrected chi connectivity index (χ3v) is 7.34. The minimum absolute atomic E-state index is 0.0535. The van der Waals surface area contributed by atoms with Gasteiger partial charge in [-0.2, -0.15) is 0 Å². The number of carbonyl (C=O) groups excluding carboxylic acids is 1. The molecule has 1 N–H and O–H groups in total. The summed E-state index contributed by atoms with van der Waals surface area (Å²) in [5.41, 5.74) is 1.25. The number of benzene rings is 2. The Hall–Kier alpha value is -4.05. The fourth-order valence-electron chi connectivity index (χ4n) is 4.13. The molecular formula is C25H22FN5O3S. The average molecular weight is 492 g/mol. The predicted molar refractivity (Wildman–Crippen MR) is 131 cm³/mol. The van der Waals surface area contributed by atoms with Gasteiger partial charge in [0.15, 0.2) is 0 Å². The Kier molecular flexibility index (Phi) is 6.04. The Morgan fingerprint density at radius 1 is 0.914 bits per heavy atom. The lowest BCUT2D eigenvalue weighted by Crippen LogP contribution is -2.48. The van der Waals surface area contributed by atoms with Crippen molar-refractivity contribution in [3.05, 3.63) is 90.6 Å². The molecule has 178 valence electrons. The van der Waals surface area contributed by atoms with Crippen LogP contribution in [-0.2, 0) is 10.0 Å². The molecule has 1 saturated heterocycles. The molecule has 1 aliphatic heterocycles. The van der Waals surface area contributed by atoms with Gasteiger partial charge in [0, 0.05) is 61.4 Å². The number of hydrogen-bond acceptors (Lipinski definition) is 6. The third kappa shape index (κ3) is 4.65. The van der Waals surface area contributed by atoms with Crippen molar-refractivity contribution in [1.82, 2.24) is 14.9 Å². The highest BCUT2D eigenvalue weighted by molar-refractivity contribution is 7.93. The lowest BCUT2D eigenvalue weighted by Gasteiger charge is -2.36. The summed E-state index contributed by atoms with van der Waals surface area (Å²) in [5, 5.41) is 0.654. The number of anilines is 2. The van der Waals surface area contributed by atoms with E-state index >= 15 is 0 Å². The number of para-hydroxylation sites is 1. The quantitative estimate of drug-likeness (QED) is 0.459. The molecular weight excluding hydrogens is 469 g/mol. The van der Waals surface area contributed by atoms with Crippen molar-refractivity contribution in [3.8, 4) is 0 Å². The first kappa shape index (κ1) is 22.7. The summed E-state index contributed by atoms with van der Waals surface area (Å²) in [6.45, 7) is 2.28. The number of carbonyl (C=O) groups is 1.